The van der Waals surface area contributed by atoms with Gasteiger partial charge in [0, 0.05) is 10.8 Å². The third-order valence-corrected chi connectivity index (χ3v) is 4.65. The van der Waals surface area contributed by atoms with Gasteiger partial charge in [0.15, 0.2) is 5.82 Å². The lowest BCUT2D eigenvalue weighted by atomic mass is 10.1. The summed E-state index contributed by atoms with van der Waals surface area (Å²) in [5, 5.41) is 13.6. The van der Waals surface area contributed by atoms with Gasteiger partial charge >= 0.3 is 5.97 Å². The number of thioether (sulfide) groups is 1. The molecule has 1 atom stereocenters. The maximum Gasteiger partial charge on any atom is 0.325 e. The van der Waals surface area contributed by atoms with Crippen molar-refractivity contribution in [2.45, 2.75) is 36.2 Å². The summed E-state index contributed by atoms with van der Waals surface area (Å²) in [7, 11) is 1.76. The van der Waals surface area contributed by atoms with E-state index < -0.39 is 12.0 Å². The Labute approximate surface area is 138 Å². The number of carboxylic acid groups (broad SMARTS) is 1. The van der Waals surface area contributed by atoms with Crippen LogP contribution in [0.5, 0.6) is 0 Å². The van der Waals surface area contributed by atoms with E-state index in [9.17, 15) is 9.90 Å². The number of hydrogen-bond donors (Lipinski definition) is 1. The van der Waals surface area contributed by atoms with Crippen LogP contribution in [0.4, 0.5) is 0 Å². The first kappa shape index (κ1) is 16.0. The molecule has 0 aliphatic heterocycles. The second kappa shape index (κ2) is 6.72. The summed E-state index contributed by atoms with van der Waals surface area (Å²) in [5.41, 5.74) is 0.740. The van der Waals surface area contributed by atoms with Crippen molar-refractivity contribution in [1.82, 2.24) is 15.0 Å². The average Bonchev–Trinajstić information content (AvgIpc) is 3.28. The number of benzene rings is 1. The molecule has 1 aromatic carbocycles. The van der Waals surface area contributed by atoms with Gasteiger partial charge in [0.2, 0.25) is 5.89 Å². The number of carboxylic acids is 1. The molecule has 1 N–H and O–H groups in total. The van der Waals surface area contributed by atoms with Crippen molar-refractivity contribution in [2.75, 3.05) is 13.3 Å². The molecule has 1 saturated carbocycles. The molecule has 23 heavy (non-hydrogen) atoms. The molecule has 6 nitrogen and oxygen atoms in total. The van der Waals surface area contributed by atoms with Gasteiger partial charge < -0.3 is 9.63 Å². The van der Waals surface area contributed by atoms with E-state index in [4.69, 9.17) is 4.52 Å². The number of likely N-dealkylation sites (N-methyl/N-ethyl adjacent to an activating group) is 1. The molecule has 3 rings (SSSR count). The van der Waals surface area contributed by atoms with Crippen LogP contribution in [0.3, 0.4) is 0 Å². The lowest BCUT2D eigenvalue weighted by Gasteiger charge is -2.23. The summed E-state index contributed by atoms with van der Waals surface area (Å²) in [6, 6.07) is 6.83. The highest BCUT2D eigenvalue weighted by Crippen LogP contribution is 2.39. The predicted octanol–water partition coefficient (Wildman–Crippen LogP) is 2.93. The van der Waals surface area contributed by atoms with Gasteiger partial charge in [-0.05, 0) is 43.8 Å². The highest BCUT2D eigenvalue weighted by atomic mass is 32.2. The molecule has 2 aromatic rings. The predicted molar refractivity (Wildman–Crippen MR) is 86.3 cm³/mol. The quantitative estimate of drug-likeness (QED) is 0.780. The zero-order valence-corrected chi connectivity index (χ0v) is 13.9. The molecule has 1 unspecified atom stereocenters. The molecule has 1 aromatic heterocycles. The Morgan fingerprint density at radius 3 is 2.70 bits per heavy atom. The van der Waals surface area contributed by atoms with Crippen LogP contribution in [0.25, 0.3) is 0 Å². The summed E-state index contributed by atoms with van der Waals surface area (Å²) in [6.07, 6.45) is 4.18. The SMILES string of the molecule is CSc1ccc(C(C(=O)O)N(C)Cc2noc(C3CC3)n2)cc1. The lowest BCUT2D eigenvalue weighted by Crippen LogP contribution is -2.30. The number of rotatable bonds is 7. The van der Waals surface area contributed by atoms with E-state index >= 15 is 0 Å². The minimum Gasteiger partial charge on any atom is -0.480 e. The van der Waals surface area contributed by atoms with Gasteiger partial charge in [0.05, 0.1) is 6.54 Å². The fraction of sp³-hybridized carbons (Fsp3) is 0.438. The Kier molecular flexibility index (Phi) is 4.68. The highest BCUT2D eigenvalue weighted by molar-refractivity contribution is 7.98. The van der Waals surface area contributed by atoms with Crippen LogP contribution in [0.2, 0.25) is 0 Å². The van der Waals surface area contributed by atoms with Crippen molar-refractivity contribution in [1.29, 1.82) is 0 Å². The van der Waals surface area contributed by atoms with Gasteiger partial charge in [-0.1, -0.05) is 17.3 Å². The first-order valence-electron chi connectivity index (χ1n) is 7.48. The highest BCUT2D eigenvalue weighted by Gasteiger charge is 2.31. The van der Waals surface area contributed by atoms with Gasteiger partial charge in [-0.25, -0.2) is 0 Å². The third kappa shape index (κ3) is 3.73. The van der Waals surface area contributed by atoms with Crippen molar-refractivity contribution in [2.24, 2.45) is 0 Å². The van der Waals surface area contributed by atoms with Crippen molar-refractivity contribution < 1.29 is 14.4 Å². The van der Waals surface area contributed by atoms with Gasteiger partial charge in [-0.15, -0.1) is 11.8 Å². The topological polar surface area (TPSA) is 79.5 Å². The van der Waals surface area contributed by atoms with E-state index in [-0.39, 0.29) is 0 Å². The van der Waals surface area contributed by atoms with Crippen LogP contribution in [0.1, 0.15) is 42.1 Å². The minimum atomic E-state index is -0.893. The monoisotopic (exact) mass is 333 g/mol. The molecule has 1 aliphatic rings. The maximum absolute atomic E-state index is 11.7. The second-order valence-corrected chi connectivity index (χ2v) is 6.63. The average molecular weight is 333 g/mol. The van der Waals surface area contributed by atoms with Crippen molar-refractivity contribution >= 4 is 17.7 Å². The standard InChI is InChI=1S/C16H19N3O3S/c1-19(9-13-17-15(22-18-13)11-3-4-11)14(16(20)21)10-5-7-12(23-2)8-6-10/h5-8,11,14H,3-4,9H2,1-2H3,(H,20,21). The largest absolute Gasteiger partial charge is 0.480 e. The summed E-state index contributed by atoms with van der Waals surface area (Å²) < 4.78 is 5.23. The van der Waals surface area contributed by atoms with Crippen LogP contribution in [-0.2, 0) is 11.3 Å². The first-order valence-corrected chi connectivity index (χ1v) is 8.70. The maximum atomic E-state index is 11.7. The number of nitrogens with zero attached hydrogens (tertiary/aromatic N) is 3. The molecule has 1 aliphatic carbocycles. The number of hydrogen-bond acceptors (Lipinski definition) is 6. The van der Waals surface area contributed by atoms with Gasteiger partial charge in [0.1, 0.15) is 6.04 Å². The summed E-state index contributed by atoms with van der Waals surface area (Å²) in [6.45, 7) is 0.331. The molecular formula is C16H19N3O3S. The molecule has 7 heteroatoms. The van der Waals surface area contributed by atoms with E-state index in [0.29, 0.717) is 24.2 Å². The third-order valence-electron chi connectivity index (χ3n) is 3.91. The van der Waals surface area contributed by atoms with Gasteiger partial charge in [0.25, 0.3) is 0 Å². The van der Waals surface area contributed by atoms with Crippen LogP contribution in [-0.4, -0.2) is 39.4 Å². The number of aliphatic carboxylic acids is 1. The molecule has 0 radical (unpaired) electrons. The van der Waals surface area contributed by atoms with E-state index in [2.05, 4.69) is 10.1 Å². The Morgan fingerprint density at radius 1 is 1.43 bits per heavy atom. The van der Waals surface area contributed by atoms with E-state index in [1.165, 1.54) is 0 Å². The van der Waals surface area contributed by atoms with E-state index in [0.717, 1.165) is 23.3 Å². The Balaban J connectivity index is 1.74. The Hall–Kier alpha value is -1.86. The molecule has 0 saturated heterocycles. The van der Waals surface area contributed by atoms with Gasteiger partial charge in [-0.3, -0.25) is 9.69 Å². The Bertz CT molecular complexity index is 682. The zero-order chi connectivity index (χ0) is 16.4. The lowest BCUT2D eigenvalue weighted by molar-refractivity contribution is -0.143. The Morgan fingerprint density at radius 2 is 2.13 bits per heavy atom. The summed E-state index contributed by atoms with van der Waals surface area (Å²) >= 11 is 1.63. The summed E-state index contributed by atoms with van der Waals surface area (Å²) in [4.78, 5) is 18.9. The number of aromatic nitrogens is 2. The van der Waals surface area contributed by atoms with Crippen LogP contribution in [0.15, 0.2) is 33.7 Å². The fourth-order valence-electron chi connectivity index (χ4n) is 2.51. The molecule has 122 valence electrons. The normalized spacial score (nSPS) is 15.8. The molecule has 1 fully saturated rings. The molecule has 0 amide bonds. The minimum absolute atomic E-state index is 0.331. The second-order valence-electron chi connectivity index (χ2n) is 5.75. The first-order chi connectivity index (χ1) is 11.1. The molecular weight excluding hydrogens is 314 g/mol. The van der Waals surface area contributed by atoms with Crippen molar-refractivity contribution in [3.05, 3.63) is 41.5 Å². The van der Waals surface area contributed by atoms with Gasteiger partial charge in [-0.2, -0.15) is 4.98 Å². The van der Waals surface area contributed by atoms with E-state index in [1.54, 1.807) is 23.7 Å². The van der Waals surface area contributed by atoms with Crippen molar-refractivity contribution in [3.63, 3.8) is 0 Å². The summed E-state index contributed by atoms with van der Waals surface area (Å²) in [5.74, 6) is 0.706. The number of carbonyl (C=O) groups is 1. The molecule has 0 bridgehead atoms. The smallest absolute Gasteiger partial charge is 0.325 e. The van der Waals surface area contributed by atoms with Crippen LogP contribution in [0, 0.1) is 0 Å². The van der Waals surface area contributed by atoms with Crippen molar-refractivity contribution in [3.8, 4) is 0 Å². The van der Waals surface area contributed by atoms with Crippen LogP contribution >= 0.6 is 11.8 Å². The van der Waals surface area contributed by atoms with E-state index in [1.807, 2.05) is 30.5 Å². The molecule has 0 spiro atoms. The van der Waals surface area contributed by atoms with Crippen LogP contribution < -0.4 is 0 Å². The zero-order valence-electron chi connectivity index (χ0n) is 13.1. The molecule has 1 heterocycles. The fourth-order valence-corrected chi connectivity index (χ4v) is 2.92.